The average molecular weight is 236 g/mol. The first-order valence-electron chi connectivity index (χ1n) is 4.86. The number of halogens is 2. The third kappa shape index (κ3) is 2.66. The van der Waals surface area contributed by atoms with Crippen molar-refractivity contribution in [3.63, 3.8) is 0 Å². The van der Waals surface area contributed by atoms with E-state index in [4.69, 9.17) is 11.5 Å². The number of anilines is 2. The van der Waals surface area contributed by atoms with E-state index in [1.165, 1.54) is 18.3 Å². The highest BCUT2D eigenvalue weighted by atomic mass is 19.1. The summed E-state index contributed by atoms with van der Waals surface area (Å²) in [4.78, 5) is 7.55. The summed E-state index contributed by atoms with van der Waals surface area (Å²) in [5.41, 5.74) is 12.0. The Morgan fingerprint density at radius 1 is 1.06 bits per heavy atom. The van der Waals surface area contributed by atoms with E-state index in [0.717, 1.165) is 6.07 Å². The lowest BCUT2D eigenvalue weighted by Crippen LogP contribution is -2.04. The minimum absolute atomic E-state index is 0.0664. The van der Waals surface area contributed by atoms with E-state index in [-0.39, 0.29) is 18.2 Å². The van der Waals surface area contributed by atoms with E-state index < -0.39 is 11.6 Å². The maximum absolute atomic E-state index is 13.0. The lowest BCUT2D eigenvalue weighted by atomic mass is 10.1. The number of hydrogen-bond donors (Lipinski definition) is 2. The molecular formula is C11H10F2N4. The Balaban J connectivity index is 2.31. The van der Waals surface area contributed by atoms with E-state index in [0.29, 0.717) is 11.1 Å². The second-order valence-corrected chi connectivity index (χ2v) is 3.59. The predicted octanol–water partition coefficient (Wildman–Crippen LogP) is 1.51. The van der Waals surface area contributed by atoms with E-state index in [1.807, 2.05) is 0 Å². The number of aromatic nitrogens is 2. The van der Waals surface area contributed by atoms with Crippen LogP contribution in [0.2, 0.25) is 0 Å². The highest BCUT2D eigenvalue weighted by Crippen LogP contribution is 2.16. The fourth-order valence-electron chi connectivity index (χ4n) is 1.50. The third-order valence-electron chi connectivity index (χ3n) is 2.23. The lowest BCUT2D eigenvalue weighted by molar-refractivity contribution is 0.580. The summed E-state index contributed by atoms with van der Waals surface area (Å²) in [6.45, 7) is 0. The third-order valence-corrected chi connectivity index (χ3v) is 2.23. The van der Waals surface area contributed by atoms with Crippen molar-refractivity contribution in [2.24, 2.45) is 0 Å². The zero-order valence-electron chi connectivity index (χ0n) is 8.82. The maximum Gasteiger partial charge on any atom is 0.221 e. The fraction of sp³-hybridized carbons (Fsp3) is 0.0909. The second kappa shape index (κ2) is 4.32. The molecule has 6 heteroatoms. The van der Waals surface area contributed by atoms with Gasteiger partial charge in [0.1, 0.15) is 17.5 Å². The summed E-state index contributed by atoms with van der Waals surface area (Å²) in [7, 11) is 0. The minimum atomic E-state index is -0.630. The van der Waals surface area contributed by atoms with Crippen molar-refractivity contribution in [1.29, 1.82) is 0 Å². The molecule has 0 fully saturated rings. The van der Waals surface area contributed by atoms with Gasteiger partial charge in [0.25, 0.3) is 0 Å². The monoisotopic (exact) mass is 236 g/mol. The number of nitrogens with zero attached hydrogens (tertiary/aromatic N) is 2. The molecule has 1 aromatic carbocycles. The summed E-state index contributed by atoms with van der Waals surface area (Å²) >= 11 is 0. The van der Waals surface area contributed by atoms with Crippen molar-refractivity contribution in [3.8, 4) is 0 Å². The van der Waals surface area contributed by atoms with Crippen molar-refractivity contribution in [3.05, 3.63) is 47.2 Å². The molecule has 0 atom stereocenters. The first kappa shape index (κ1) is 11.3. The SMILES string of the molecule is Nc1ncc(Cc2cc(F)cc(F)c2)c(N)n1. The van der Waals surface area contributed by atoms with Gasteiger partial charge in [0.15, 0.2) is 0 Å². The van der Waals surface area contributed by atoms with Gasteiger partial charge in [-0.05, 0) is 17.7 Å². The van der Waals surface area contributed by atoms with E-state index in [2.05, 4.69) is 9.97 Å². The Kier molecular flexibility index (Phi) is 2.86. The Bertz CT molecular complexity index is 537. The van der Waals surface area contributed by atoms with Crippen LogP contribution in [0.25, 0.3) is 0 Å². The summed E-state index contributed by atoms with van der Waals surface area (Å²) in [6.07, 6.45) is 1.70. The van der Waals surface area contributed by atoms with Crippen LogP contribution < -0.4 is 11.5 Å². The van der Waals surface area contributed by atoms with Gasteiger partial charge in [0.2, 0.25) is 5.95 Å². The number of hydrogen-bond acceptors (Lipinski definition) is 4. The maximum atomic E-state index is 13.0. The largest absolute Gasteiger partial charge is 0.383 e. The van der Waals surface area contributed by atoms with Crippen molar-refractivity contribution >= 4 is 11.8 Å². The molecule has 0 spiro atoms. The van der Waals surface area contributed by atoms with Gasteiger partial charge in [0.05, 0.1) is 0 Å². The zero-order valence-corrected chi connectivity index (χ0v) is 8.82. The zero-order chi connectivity index (χ0) is 12.4. The van der Waals surface area contributed by atoms with Gasteiger partial charge >= 0.3 is 0 Å². The molecule has 0 saturated carbocycles. The summed E-state index contributed by atoms with van der Waals surface area (Å²) < 4.78 is 25.9. The Morgan fingerprint density at radius 2 is 1.71 bits per heavy atom. The molecule has 0 radical (unpaired) electrons. The first-order valence-corrected chi connectivity index (χ1v) is 4.86. The summed E-state index contributed by atoms with van der Waals surface area (Å²) in [5, 5.41) is 0. The van der Waals surface area contributed by atoms with Crippen molar-refractivity contribution < 1.29 is 8.78 Å². The summed E-state index contributed by atoms with van der Waals surface area (Å²) in [6, 6.07) is 3.28. The molecule has 4 nitrogen and oxygen atoms in total. The number of nitrogens with two attached hydrogens (primary N) is 2. The molecule has 0 aliphatic heterocycles. The van der Waals surface area contributed by atoms with Gasteiger partial charge in [0, 0.05) is 24.2 Å². The van der Waals surface area contributed by atoms with Gasteiger partial charge < -0.3 is 11.5 Å². The van der Waals surface area contributed by atoms with Crippen LogP contribution in [0.4, 0.5) is 20.5 Å². The molecule has 0 saturated heterocycles. The Hall–Kier alpha value is -2.24. The number of rotatable bonds is 2. The van der Waals surface area contributed by atoms with Crippen LogP contribution in [-0.4, -0.2) is 9.97 Å². The number of benzene rings is 1. The molecule has 88 valence electrons. The van der Waals surface area contributed by atoms with Gasteiger partial charge in [-0.2, -0.15) is 4.98 Å². The van der Waals surface area contributed by atoms with Gasteiger partial charge in [-0.25, -0.2) is 13.8 Å². The smallest absolute Gasteiger partial charge is 0.221 e. The molecule has 17 heavy (non-hydrogen) atoms. The molecule has 0 amide bonds. The van der Waals surface area contributed by atoms with E-state index in [9.17, 15) is 8.78 Å². The van der Waals surface area contributed by atoms with Gasteiger partial charge in [-0.1, -0.05) is 0 Å². The average Bonchev–Trinajstić information content (AvgIpc) is 2.21. The topological polar surface area (TPSA) is 77.8 Å². The standard InChI is InChI=1S/C11H10F2N4/c12-8-2-6(3-9(13)4-8)1-7-5-16-11(15)17-10(7)14/h2-5H,1H2,(H4,14,15,16,17). The molecule has 1 heterocycles. The number of nitrogen functional groups attached to an aromatic ring is 2. The van der Waals surface area contributed by atoms with E-state index in [1.54, 1.807) is 0 Å². The van der Waals surface area contributed by atoms with Crippen LogP contribution in [0.3, 0.4) is 0 Å². The van der Waals surface area contributed by atoms with Crippen molar-refractivity contribution in [1.82, 2.24) is 9.97 Å². The molecule has 0 unspecified atom stereocenters. The van der Waals surface area contributed by atoms with Crippen molar-refractivity contribution in [2.45, 2.75) is 6.42 Å². The van der Waals surface area contributed by atoms with Crippen LogP contribution in [0.5, 0.6) is 0 Å². The Morgan fingerprint density at radius 3 is 2.29 bits per heavy atom. The molecule has 0 aliphatic rings. The Labute approximate surface area is 96.3 Å². The normalized spacial score (nSPS) is 10.5. The van der Waals surface area contributed by atoms with Crippen LogP contribution >= 0.6 is 0 Å². The molecule has 0 bridgehead atoms. The fourth-order valence-corrected chi connectivity index (χ4v) is 1.50. The van der Waals surface area contributed by atoms with Crippen LogP contribution in [-0.2, 0) is 6.42 Å². The molecule has 4 N–H and O–H groups in total. The van der Waals surface area contributed by atoms with Crippen LogP contribution in [0.15, 0.2) is 24.4 Å². The quantitative estimate of drug-likeness (QED) is 0.828. The molecule has 1 aromatic heterocycles. The molecule has 2 aromatic rings. The van der Waals surface area contributed by atoms with Crippen molar-refractivity contribution in [2.75, 3.05) is 11.5 Å². The first-order chi connectivity index (χ1) is 8.04. The van der Waals surface area contributed by atoms with Crippen LogP contribution in [0, 0.1) is 11.6 Å². The minimum Gasteiger partial charge on any atom is -0.383 e. The molecule has 0 aliphatic carbocycles. The van der Waals surface area contributed by atoms with Gasteiger partial charge in [-0.15, -0.1) is 0 Å². The van der Waals surface area contributed by atoms with Gasteiger partial charge in [-0.3, -0.25) is 0 Å². The predicted molar refractivity (Wildman–Crippen MR) is 60.0 cm³/mol. The molecular weight excluding hydrogens is 226 g/mol. The van der Waals surface area contributed by atoms with E-state index >= 15 is 0 Å². The molecule has 2 rings (SSSR count). The summed E-state index contributed by atoms with van der Waals surface area (Å²) in [5.74, 6) is -0.983. The highest BCUT2D eigenvalue weighted by molar-refractivity contribution is 5.44. The van der Waals surface area contributed by atoms with Crippen LogP contribution in [0.1, 0.15) is 11.1 Å². The lowest BCUT2D eigenvalue weighted by Gasteiger charge is -2.05. The second-order valence-electron chi connectivity index (χ2n) is 3.59. The highest BCUT2D eigenvalue weighted by Gasteiger charge is 2.06.